The number of benzene rings is 1. The molecule has 1 saturated heterocycles. The molecule has 1 aliphatic rings. The molecule has 8 nitrogen and oxygen atoms in total. The van der Waals surface area contributed by atoms with Crippen molar-refractivity contribution in [3.63, 3.8) is 0 Å². The molecule has 0 aliphatic carbocycles. The Bertz CT molecular complexity index is 1180. The number of carbonyl (C=O) groups is 2. The average molecular weight is 421 g/mol. The molecule has 2 aromatic heterocycles. The number of methoxy groups -OCH3 is 2. The first kappa shape index (κ1) is 20.6. The van der Waals surface area contributed by atoms with E-state index in [2.05, 4.69) is 4.98 Å². The number of aromatic nitrogens is 2. The van der Waals surface area contributed by atoms with Gasteiger partial charge >= 0.3 is 0 Å². The Morgan fingerprint density at radius 1 is 1.13 bits per heavy atom. The fourth-order valence-electron chi connectivity index (χ4n) is 3.96. The number of imidazole rings is 1. The normalized spacial score (nSPS) is 18.2. The molecule has 3 heterocycles. The third-order valence-corrected chi connectivity index (χ3v) is 5.44. The second-order valence-corrected chi connectivity index (χ2v) is 7.23. The zero-order valence-corrected chi connectivity index (χ0v) is 17.5. The molecule has 1 aliphatic heterocycles. The first-order valence-electron chi connectivity index (χ1n) is 9.83. The number of hydrogen-bond acceptors (Lipinski definition) is 6. The van der Waals surface area contributed by atoms with Crippen LogP contribution in [-0.4, -0.2) is 58.5 Å². The summed E-state index contributed by atoms with van der Waals surface area (Å²) in [5.74, 6) is -1.02. The number of amides is 1. The van der Waals surface area contributed by atoms with E-state index in [-0.39, 0.29) is 24.5 Å². The van der Waals surface area contributed by atoms with Gasteiger partial charge in [-0.25, -0.2) is 4.98 Å². The summed E-state index contributed by atoms with van der Waals surface area (Å²) in [5.41, 5.74) is 2.29. The van der Waals surface area contributed by atoms with Gasteiger partial charge in [-0.1, -0.05) is 18.2 Å². The predicted molar refractivity (Wildman–Crippen MR) is 114 cm³/mol. The molecule has 1 aromatic carbocycles. The van der Waals surface area contributed by atoms with Crippen molar-refractivity contribution >= 4 is 23.1 Å². The van der Waals surface area contributed by atoms with Gasteiger partial charge in [0.1, 0.15) is 17.1 Å². The van der Waals surface area contributed by atoms with Crippen LogP contribution in [0.15, 0.2) is 54.2 Å². The maximum atomic E-state index is 13.1. The summed E-state index contributed by atoms with van der Waals surface area (Å²) in [6.45, 7) is 2.22. The minimum Gasteiger partial charge on any atom is -0.505 e. The van der Waals surface area contributed by atoms with Crippen LogP contribution in [0.2, 0.25) is 0 Å². The lowest BCUT2D eigenvalue weighted by Crippen LogP contribution is -2.32. The molecule has 0 radical (unpaired) electrons. The Hall–Kier alpha value is -3.65. The summed E-state index contributed by atoms with van der Waals surface area (Å²) < 4.78 is 12.1. The fourth-order valence-corrected chi connectivity index (χ4v) is 3.96. The van der Waals surface area contributed by atoms with Crippen LogP contribution in [-0.2, 0) is 14.3 Å². The van der Waals surface area contributed by atoms with Gasteiger partial charge in [0.25, 0.3) is 11.7 Å². The first-order valence-corrected chi connectivity index (χ1v) is 9.83. The van der Waals surface area contributed by atoms with Gasteiger partial charge in [0.2, 0.25) is 0 Å². The summed E-state index contributed by atoms with van der Waals surface area (Å²) in [5, 5.41) is 11.3. The number of aliphatic hydroxyl groups excluding tert-OH is 1. The van der Waals surface area contributed by atoms with E-state index in [1.807, 2.05) is 18.2 Å². The number of pyridine rings is 1. The molecule has 160 valence electrons. The number of aliphatic hydroxyl groups is 1. The van der Waals surface area contributed by atoms with Crippen molar-refractivity contribution in [2.24, 2.45) is 0 Å². The lowest BCUT2D eigenvalue weighted by atomic mass is 9.96. The minimum absolute atomic E-state index is 0.0278. The van der Waals surface area contributed by atoms with Gasteiger partial charge < -0.3 is 19.5 Å². The smallest absolute Gasteiger partial charge is 0.295 e. The van der Waals surface area contributed by atoms with Crippen LogP contribution in [0.25, 0.3) is 11.4 Å². The van der Waals surface area contributed by atoms with Gasteiger partial charge in [0.05, 0.1) is 31.0 Å². The summed E-state index contributed by atoms with van der Waals surface area (Å²) in [7, 11) is 3.09. The number of nitrogens with zero attached hydrogens (tertiary/aromatic N) is 3. The summed E-state index contributed by atoms with van der Waals surface area (Å²) >= 11 is 0. The van der Waals surface area contributed by atoms with Crippen molar-refractivity contribution < 1.29 is 24.2 Å². The Kier molecular flexibility index (Phi) is 5.48. The van der Waals surface area contributed by atoms with E-state index in [1.165, 1.54) is 12.0 Å². The van der Waals surface area contributed by atoms with E-state index < -0.39 is 17.7 Å². The number of ether oxygens (including phenoxy) is 2. The van der Waals surface area contributed by atoms with Crippen molar-refractivity contribution in [3.05, 3.63) is 71.2 Å². The maximum absolute atomic E-state index is 13.1. The fraction of sp³-hybridized carbons (Fsp3) is 0.261. The molecule has 31 heavy (non-hydrogen) atoms. The molecule has 3 aromatic rings. The van der Waals surface area contributed by atoms with Crippen LogP contribution in [0, 0.1) is 6.92 Å². The van der Waals surface area contributed by atoms with Gasteiger partial charge in [-0.05, 0) is 36.8 Å². The second kappa shape index (κ2) is 8.23. The quantitative estimate of drug-likeness (QED) is 0.374. The van der Waals surface area contributed by atoms with Crippen molar-refractivity contribution in [1.82, 2.24) is 14.3 Å². The maximum Gasteiger partial charge on any atom is 0.295 e. The van der Waals surface area contributed by atoms with Crippen LogP contribution in [0.5, 0.6) is 5.75 Å². The average Bonchev–Trinajstić information content (AvgIpc) is 3.25. The first-order chi connectivity index (χ1) is 15.0. The lowest BCUT2D eigenvalue weighted by molar-refractivity contribution is -0.140. The van der Waals surface area contributed by atoms with Gasteiger partial charge in [-0.15, -0.1) is 0 Å². The van der Waals surface area contributed by atoms with E-state index in [4.69, 9.17) is 9.47 Å². The predicted octanol–water partition coefficient (Wildman–Crippen LogP) is 2.72. The number of carbonyl (C=O) groups excluding carboxylic acids is 2. The largest absolute Gasteiger partial charge is 0.505 e. The topological polar surface area (TPSA) is 93.4 Å². The number of hydrogen-bond donors (Lipinski definition) is 1. The molecule has 0 spiro atoms. The zero-order valence-electron chi connectivity index (χ0n) is 17.5. The highest BCUT2D eigenvalue weighted by Gasteiger charge is 2.46. The van der Waals surface area contributed by atoms with Gasteiger partial charge in [-0.3, -0.25) is 14.0 Å². The minimum atomic E-state index is -0.755. The highest BCUT2D eigenvalue weighted by molar-refractivity contribution is 6.46. The third kappa shape index (κ3) is 3.44. The zero-order chi connectivity index (χ0) is 22.1. The van der Waals surface area contributed by atoms with E-state index in [0.717, 1.165) is 0 Å². The SMILES string of the molecule is COCCN1C(=O)C(=O)C(=C(O)c2c(C)nc3ccccn23)C1c1ccc(OC)cc1. The monoisotopic (exact) mass is 421 g/mol. The number of ketones is 1. The summed E-state index contributed by atoms with van der Waals surface area (Å²) in [6, 6.07) is 11.8. The van der Waals surface area contributed by atoms with Crippen LogP contribution in [0.1, 0.15) is 23.0 Å². The molecule has 1 atom stereocenters. The standard InChI is InChI=1S/C23H23N3O5/c1-14-19(25-11-5-4-6-17(25)24-14)21(27)18-20(15-7-9-16(31-3)10-8-15)26(12-13-30-2)23(29)22(18)28/h4-11,20,27H,12-13H2,1-3H3. The molecule has 8 heteroatoms. The van der Waals surface area contributed by atoms with Crippen LogP contribution in [0.4, 0.5) is 0 Å². The Morgan fingerprint density at radius 2 is 1.87 bits per heavy atom. The molecule has 0 saturated carbocycles. The number of aryl methyl sites for hydroxylation is 1. The summed E-state index contributed by atoms with van der Waals surface area (Å²) in [4.78, 5) is 31.8. The van der Waals surface area contributed by atoms with E-state index in [1.54, 1.807) is 48.9 Å². The number of rotatable bonds is 6. The van der Waals surface area contributed by atoms with Crippen molar-refractivity contribution in [3.8, 4) is 5.75 Å². The van der Waals surface area contributed by atoms with Crippen LogP contribution >= 0.6 is 0 Å². The lowest BCUT2D eigenvalue weighted by Gasteiger charge is -2.25. The molecule has 1 unspecified atom stereocenters. The molecular formula is C23H23N3O5. The molecule has 1 fully saturated rings. The molecule has 1 N–H and O–H groups in total. The van der Waals surface area contributed by atoms with Gasteiger partial charge in [0.15, 0.2) is 5.76 Å². The third-order valence-electron chi connectivity index (χ3n) is 5.44. The van der Waals surface area contributed by atoms with E-state index in [0.29, 0.717) is 28.3 Å². The van der Waals surface area contributed by atoms with E-state index >= 15 is 0 Å². The van der Waals surface area contributed by atoms with Crippen LogP contribution < -0.4 is 4.74 Å². The van der Waals surface area contributed by atoms with Crippen molar-refractivity contribution in [2.75, 3.05) is 27.4 Å². The number of fused-ring (bicyclic) bond motifs is 1. The van der Waals surface area contributed by atoms with Gasteiger partial charge in [0, 0.05) is 19.9 Å². The van der Waals surface area contributed by atoms with Crippen LogP contribution in [0.3, 0.4) is 0 Å². The highest BCUT2D eigenvalue weighted by Crippen LogP contribution is 2.40. The van der Waals surface area contributed by atoms with Crippen molar-refractivity contribution in [1.29, 1.82) is 0 Å². The van der Waals surface area contributed by atoms with E-state index in [9.17, 15) is 14.7 Å². The van der Waals surface area contributed by atoms with Crippen molar-refractivity contribution in [2.45, 2.75) is 13.0 Å². The Labute approximate surface area is 179 Å². The Balaban J connectivity index is 1.92. The molecule has 0 bridgehead atoms. The Morgan fingerprint density at radius 3 is 2.55 bits per heavy atom. The highest BCUT2D eigenvalue weighted by atomic mass is 16.5. The van der Waals surface area contributed by atoms with Gasteiger partial charge in [-0.2, -0.15) is 0 Å². The molecule has 1 amide bonds. The second-order valence-electron chi connectivity index (χ2n) is 7.23. The molecule has 4 rings (SSSR count). The molecular weight excluding hydrogens is 398 g/mol. The summed E-state index contributed by atoms with van der Waals surface area (Å²) in [6.07, 6.45) is 1.76. The number of likely N-dealkylation sites (tertiary alicyclic amines) is 1. The number of Topliss-reactive ketones (excluding diaryl/α,β-unsaturated/α-hetero) is 1.